The highest BCUT2D eigenvalue weighted by atomic mass is 32.2. The smallest absolute Gasteiger partial charge is 0.236 e. The number of halogens is 1. The Hall–Kier alpha value is -2.45. The second-order valence-electron chi connectivity index (χ2n) is 6.11. The topological polar surface area (TPSA) is 58.1 Å². The fraction of sp³-hybridized carbons (Fsp3) is 0.250. The predicted molar refractivity (Wildman–Crippen MR) is 112 cm³/mol. The second kappa shape index (κ2) is 9.66. The van der Waals surface area contributed by atoms with E-state index in [1.54, 1.807) is 12.1 Å². The van der Waals surface area contributed by atoms with E-state index >= 15 is 0 Å². The number of carbonyl (C=O) groups excluding carboxylic acids is 1. The van der Waals surface area contributed by atoms with Gasteiger partial charge in [-0.05, 0) is 37.6 Å². The van der Waals surface area contributed by atoms with Crippen LogP contribution in [0, 0.1) is 5.82 Å². The van der Waals surface area contributed by atoms with E-state index in [2.05, 4.69) is 15.5 Å². The molecular formula is C20H21FN4OS2. The van der Waals surface area contributed by atoms with Crippen LogP contribution in [0.2, 0.25) is 0 Å². The molecule has 0 radical (unpaired) electrons. The minimum atomic E-state index is -0.318. The van der Waals surface area contributed by atoms with Gasteiger partial charge < -0.3 is 10.2 Å². The van der Waals surface area contributed by atoms with Gasteiger partial charge in [-0.3, -0.25) is 4.79 Å². The van der Waals surface area contributed by atoms with Crippen molar-refractivity contribution in [3.05, 3.63) is 66.0 Å². The van der Waals surface area contributed by atoms with Crippen molar-refractivity contribution in [2.75, 3.05) is 11.9 Å². The highest BCUT2D eigenvalue weighted by Crippen LogP contribution is 2.31. The summed E-state index contributed by atoms with van der Waals surface area (Å²) < 4.78 is 14.0. The van der Waals surface area contributed by atoms with Crippen molar-refractivity contribution in [1.29, 1.82) is 0 Å². The van der Waals surface area contributed by atoms with Crippen LogP contribution in [0.3, 0.4) is 0 Å². The molecule has 0 aliphatic heterocycles. The number of amides is 1. The summed E-state index contributed by atoms with van der Waals surface area (Å²) in [6.45, 7) is 5.08. The summed E-state index contributed by atoms with van der Waals surface area (Å²) in [6.07, 6.45) is 0. The molecule has 28 heavy (non-hydrogen) atoms. The van der Waals surface area contributed by atoms with Crippen molar-refractivity contribution in [2.45, 2.75) is 30.0 Å². The van der Waals surface area contributed by atoms with Gasteiger partial charge in [0.25, 0.3) is 0 Å². The molecule has 2 aromatic carbocycles. The van der Waals surface area contributed by atoms with Crippen LogP contribution in [0.15, 0.2) is 58.9 Å². The number of hydrogen-bond donors (Lipinski definition) is 1. The molecule has 1 amide bonds. The number of anilines is 2. The summed E-state index contributed by atoms with van der Waals surface area (Å²) in [7, 11) is 0. The molecule has 3 rings (SSSR count). The van der Waals surface area contributed by atoms with Crippen molar-refractivity contribution in [3.8, 4) is 0 Å². The third-order valence-corrected chi connectivity index (χ3v) is 6.03. The van der Waals surface area contributed by atoms with E-state index in [-0.39, 0.29) is 17.0 Å². The van der Waals surface area contributed by atoms with Crippen LogP contribution >= 0.6 is 23.1 Å². The van der Waals surface area contributed by atoms with E-state index in [4.69, 9.17) is 0 Å². The molecule has 1 aromatic heterocycles. The predicted octanol–water partition coefficient (Wildman–Crippen LogP) is 4.95. The number of nitrogens with one attached hydrogen (secondary N) is 1. The first-order valence-electron chi connectivity index (χ1n) is 8.90. The molecule has 1 unspecified atom stereocenters. The first-order chi connectivity index (χ1) is 13.5. The summed E-state index contributed by atoms with van der Waals surface area (Å²) >= 11 is 2.72. The normalized spacial score (nSPS) is 11.8. The Bertz CT molecular complexity index is 919. The van der Waals surface area contributed by atoms with Crippen molar-refractivity contribution in [3.63, 3.8) is 0 Å². The highest BCUT2D eigenvalue weighted by Gasteiger charge is 2.22. The van der Waals surface area contributed by atoms with Crippen molar-refractivity contribution in [1.82, 2.24) is 15.1 Å². The van der Waals surface area contributed by atoms with Gasteiger partial charge in [-0.15, -0.1) is 10.2 Å². The Morgan fingerprint density at radius 1 is 1.21 bits per heavy atom. The number of carbonyl (C=O) groups is 1. The highest BCUT2D eigenvalue weighted by molar-refractivity contribution is 8.02. The standard InChI is InChI=1S/C20H21FN4OS2/c1-3-25(13-15-8-5-4-6-9-15)18(26)14(2)27-20-24-23-19(28-20)22-17-11-7-10-16(21)12-17/h4-12,14H,3,13H2,1-2H3,(H,22,23). The van der Waals surface area contributed by atoms with Crippen LogP contribution in [-0.4, -0.2) is 32.8 Å². The van der Waals surface area contributed by atoms with E-state index in [1.165, 1.54) is 35.2 Å². The van der Waals surface area contributed by atoms with Crippen LogP contribution in [0.4, 0.5) is 15.2 Å². The maximum Gasteiger partial charge on any atom is 0.236 e. The lowest BCUT2D eigenvalue weighted by atomic mass is 10.2. The van der Waals surface area contributed by atoms with Gasteiger partial charge in [-0.25, -0.2) is 4.39 Å². The Kier molecular flexibility index (Phi) is 7.00. The molecule has 1 N–H and O–H groups in total. The fourth-order valence-corrected chi connectivity index (χ4v) is 4.61. The molecule has 1 atom stereocenters. The first-order valence-corrected chi connectivity index (χ1v) is 10.6. The molecule has 3 aromatic rings. The molecule has 0 aliphatic carbocycles. The number of hydrogen-bond acceptors (Lipinski definition) is 6. The minimum Gasteiger partial charge on any atom is -0.338 e. The lowest BCUT2D eigenvalue weighted by Crippen LogP contribution is -2.35. The Morgan fingerprint density at radius 3 is 2.71 bits per heavy atom. The monoisotopic (exact) mass is 416 g/mol. The Morgan fingerprint density at radius 2 is 2.00 bits per heavy atom. The molecule has 0 aliphatic rings. The molecule has 8 heteroatoms. The molecule has 0 saturated heterocycles. The Balaban J connectivity index is 1.59. The number of rotatable bonds is 8. The van der Waals surface area contributed by atoms with Gasteiger partial charge in [-0.2, -0.15) is 0 Å². The van der Waals surface area contributed by atoms with Crippen LogP contribution in [0.1, 0.15) is 19.4 Å². The quantitative estimate of drug-likeness (QED) is 0.527. The van der Waals surface area contributed by atoms with Gasteiger partial charge in [0.05, 0.1) is 5.25 Å². The van der Waals surface area contributed by atoms with E-state index in [0.717, 1.165) is 5.56 Å². The molecule has 0 fully saturated rings. The van der Waals surface area contributed by atoms with Gasteiger partial charge in [-0.1, -0.05) is 59.5 Å². The molecule has 0 saturated carbocycles. The molecule has 0 bridgehead atoms. The lowest BCUT2D eigenvalue weighted by molar-refractivity contribution is -0.130. The van der Waals surface area contributed by atoms with Crippen LogP contribution in [0.25, 0.3) is 0 Å². The number of benzene rings is 2. The number of aromatic nitrogens is 2. The van der Waals surface area contributed by atoms with Crippen LogP contribution in [-0.2, 0) is 11.3 Å². The average molecular weight is 417 g/mol. The zero-order valence-electron chi connectivity index (χ0n) is 15.6. The zero-order valence-corrected chi connectivity index (χ0v) is 17.3. The van der Waals surface area contributed by atoms with E-state index < -0.39 is 0 Å². The molecular weight excluding hydrogens is 395 g/mol. The van der Waals surface area contributed by atoms with E-state index in [0.29, 0.717) is 28.2 Å². The number of nitrogens with zero attached hydrogens (tertiary/aromatic N) is 3. The summed E-state index contributed by atoms with van der Waals surface area (Å²) in [5, 5.41) is 11.5. The maximum absolute atomic E-state index is 13.3. The van der Waals surface area contributed by atoms with E-state index in [1.807, 2.05) is 49.1 Å². The van der Waals surface area contributed by atoms with Gasteiger partial charge in [0.1, 0.15) is 5.82 Å². The largest absolute Gasteiger partial charge is 0.338 e. The SMILES string of the molecule is CCN(Cc1ccccc1)C(=O)C(C)Sc1nnc(Nc2cccc(F)c2)s1. The van der Waals surface area contributed by atoms with Crippen molar-refractivity contribution < 1.29 is 9.18 Å². The second-order valence-corrected chi connectivity index (χ2v) is 8.67. The van der Waals surface area contributed by atoms with Gasteiger partial charge in [0, 0.05) is 18.8 Å². The maximum atomic E-state index is 13.3. The summed E-state index contributed by atoms with van der Waals surface area (Å²) in [6, 6.07) is 16.1. The summed E-state index contributed by atoms with van der Waals surface area (Å²) in [5.74, 6) is -0.257. The molecule has 1 heterocycles. The fourth-order valence-electron chi connectivity index (χ4n) is 2.61. The molecule has 5 nitrogen and oxygen atoms in total. The summed E-state index contributed by atoms with van der Waals surface area (Å²) in [5.41, 5.74) is 1.71. The van der Waals surface area contributed by atoms with E-state index in [9.17, 15) is 9.18 Å². The average Bonchev–Trinajstić information content (AvgIpc) is 3.13. The molecule has 146 valence electrons. The summed E-state index contributed by atoms with van der Waals surface area (Å²) in [4.78, 5) is 14.7. The number of thioether (sulfide) groups is 1. The minimum absolute atomic E-state index is 0.0613. The van der Waals surface area contributed by atoms with Crippen molar-refractivity contribution in [2.24, 2.45) is 0 Å². The van der Waals surface area contributed by atoms with Gasteiger partial charge >= 0.3 is 0 Å². The van der Waals surface area contributed by atoms with Gasteiger partial charge in [0.15, 0.2) is 4.34 Å². The van der Waals surface area contributed by atoms with Gasteiger partial charge in [0.2, 0.25) is 11.0 Å². The van der Waals surface area contributed by atoms with Crippen LogP contribution in [0.5, 0.6) is 0 Å². The lowest BCUT2D eigenvalue weighted by Gasteiger charge is -2.23. The third kappa shape index (κ3) is 5.53. The van der Waals surface area contributed by atoms with Crippen LogP contribution < -0.4 is 5.32 Å². The van der Waals surface area contributed by atoms with Crippen molar-refractivity contribution >= 4 is 39.8 Å². The first kappa shape index (κ1) is 20.3. The molecule has 0 spiro atoms. The zero-order chi connectivity index (χ0) is 19.9. The third-order valence-electron chi connectivity index (χ3n) is 4.02. The Labute approximate surface area is 172 Å².